The van der Waals surface area contributed by atoms with Gasteiger partial charge in [0.2, 0.25) is 0 Å². The third-order valence-electron chi connectivity index (χ3n) is 2.28. The number of aromatic nitrogens is 2. The van der Waals surface area contributed by atoms with E-state index in [0.717, 1.165) is 15.9 Å². The number of hydrogen-bond donors (Lipinski definition) is 1. The molecule has 3 nitrogen and oxygen atoms in total. The SMILES string of the molecule is CC(Nc1ccncc1Br)c1ccccn1. The quantitative estimate of drug-likeness (QED) is 0.934. The van der Waals surface area contributed by atoms with Crippen molar-refractivity contribution in [3.05, 3.63) is 53.0 Å². The second-order valence-corrected chi connectivity index (χ2v) is 4.33. The molecule has 0 amide bonds. The Morgan fingerprint density at radius 1 is 1.25 bits per heavy atom. The molecule has 0 fully saturated rings. The summed E-state index contributed by atoms with van der Waals surface area (Å²) < 4.78 is 0.956. The Morgan fingerprint density at radius 3 is 2.81 bits per heavy atom. The zero-order valence-corrected chi connectivity index (χ0v) is 10.5. The van der Waals surface area contributed by atoms with Crippen molar-refractivity contribution in [1.82, 2.24) is 9.97 Å². The Hall–Kier alpha value is -1.42. The normalized spacial score (nSPS) is 12.1. The molecule has 0 spiro atoms. The van der Waals surface area contributed by atoms with Gasteiger partial charge in [0.05, 0.1) is 21.9 Å². The van der Waals surface area contributed by atoms with Gasteiger partial charge in [0.1, 0.15) is 0 Å². The first kappa shape index (κ1) is 11.1. The molecule has 1 N–H and O–H groups in total. The van der Waals surface area contributed by atoms with Crippen LogP contribution >= 0.6 is 15.9 Å². The van der Waals surface area contributed by atoms with E-state index in [0.29, 0.717) is 0 Å². The molecule has 0 aliphatic heterocycles. The molecule has 2 rings (SSSR count). The maximum Gasteiger partial charge on any atom is 0.0657 e. The van der Waals surface area contributed by atoms with Crippen molar-refractivity contribution in [3.8, 4) is 0 Å². The molecular formula is C12H12BrN3. The molecule has 0 saturated carbocycles. The first-order valence-corrected chi connectivity index (χ1v) is 5.83. The van der Waals surface area contributed by atoms with Crippen LogP contribution in [0, 0.1) is 0 Å². The Morgan fingerprint density at radius 2 is 2.12 bits per heavy atom. The van der Waals surface area contributed by atoms with Crippen molar-refractivity contribution in [2.75, 3.05) is 5.32 Å². The standard InChI is InChI=1S/C12H12BrN3/c1-9(11-4-2-3-6-15-11)16-12-5-7-14-8-10(12)13/h2-9H,1H3,(H,14,16). The summed E-state index contributed by atoms with van der Waals surface area (Å²) in [5.74, 6) is 0. The molecule has 4 heteroatoms. The molecule has 1 atom stereocenters. The van der Waals surface area contributed by atoms with Crippen LogP contribution in [0.15, 0.2) is 47.3 Å². The van der Waals surface area contributed by atoms with Crippen LogP contribution in [-0.4, -0.2) is 9.97 Å². The van der Waals surface area contributed by atoms with Gasteiger partial charge < -0.3 is 5.32 Å². The highest BCUT2D eigenvalue weighted by molar-refractivity contribution is 9.10. The van der Waals surface area contributed by atoms with Crippen LogP contribution in [0.4, 0.5) is 5.69 Å². The minimum Gasteiger partial charge on any atom is -0.376 e. The van der Waals surface area contributed by atoms with Crippen LogP contribution in [0.2, 0.25) is 0 Å². The smallest absolute Gasteiger partial charge is 0.0657 e. The summed E-state index contributed by atoms with van der Waals surface area (Å²) in [6, 6.07) is 8.01. The third-order valence-corrected chi connectivity index (χ3v) is 2.91. The Labute approximate surface area is 103 Å². The van der Waals surface area contributed by atoms with E-state index in [1.807, 2.05) is 24.3 Å². The average molecular weight is 278 g/mol. The molecule has 0 aliphatic rings. The molecule has 16 heavy (non-hydrogen) atoms. The lowest BCUT2D eigenvalue weighted by atomic mass is 10.2. The lowest BCUT2D eigenvalue weighted by molar-refractivity contribution is 0.838. The number of hydrogen-bond acceptors (Lipinski definition) is 3. The van der Waals surface area contributed by atoms with Crippen LogP contribution in [0.25, 0.3) is 0 Å². The number of halogens is 1. The molecule has 82 valence electrons. The summed E-state index contributed by atoms with van der Waals surface area (Å²) in [6.45, 7) is 2.08. The second-order valence-electron chi connectivity index (χ2n) is 3.48. The molecule has 0 bridgehead atoms. The maximum absolute atomic E-state index is 4.31. The Balaban J connectivity index is 2.14. The fraction of sp³-hybridized carbons (Fsp3) is 0.167. The summed E-state index contributed by atoms with van der Waals surface area (Å²) in [5.41, 5.74) is 2.04. The van der Waals surface area contributed by atoms with Crippen LogP contribution in [0.1, 0.15) is 18.7 Å². The first-order valence-electron chi connectivity index (χ1n) is 5.04. The van der Waals surface area contributed by atoms with Gasteiger partial charge in [0, 0.05) is 18.6 Å². The van der Waals surface area contributed by atoms with Gasteiger partial charge in [0.25, 0.3) is 0 Å². The fourth-order valence-electron chi connectivity index (χ4n) is 1.43. The molecule has 0 saturated heterocycles. The van der Waals surface area contributed by atoms with Gasteiger partial charge >= 0.3 is 0 Å². The number of anilines is 1. The summed E-state index contributed by atoms with van der Waals surface area (Å²) in [5, 5.41) is 3.38. The molecule has 0 radical (unpaired) electrons. The first-order chi connectivity index (χ1) is 7.77. The predicted octanol–water partition coefficient (Wildman–Crippen LogP) is 3.41. The minimum absolute atomic E-state index is 0.167. The molecule has 2 heterocycles. The van der Waals surface area contributed by atoms with Gasteiger partial charge in [-0.25, -0.2) is 0 Å². The molecule has 1 unspecified atom stereocenters. The zero-order chi connectivity index (χ0) is 11.4. The van der Waals surface area contributed by atoms with Gasteiger partial charge in [-0.2, -0.15) is 0 Å². The Kier molecular flexibility index (Phi) is 3.51. The van der Waals surface area contributed by atoms with Gasteiger partial charge in [-0.1, -0.05) is 6.07 Å². The van der Waals surface area contributed by atoms with Crippen molar-refractivity contribution in [1.29, 1.82) is 0 Å². The predicted molar refractivity (Wildman–Crippen MR) is 68.2 cm³/mol. The minimum atomic E-state index is 0.167. The second kappa shape index (κ2) is 5.07. The van der Waals surface area contributed by atoms with E-state index in [9.17, 15) is 0 Å². The highest BCUT2D eigenvalue weighted by atomic mass is 79.9. The molecular weight excluding hydrogens is 266 g/mol. The topological polar surface area (TPSA) is 37.8 Å². The van der Waals surface area contributed by atoms with E-state index in [-0.39, 0.29) is 6.04 Å². The van der Waals surface area contributed by atoms with Crippen LogP contribution < -0.4 is 5.32 Å². The summed E-state index contributed by atoms with van der Waals surface area (Å²) >= 11 is 3.45. The largest absolute Gasteiger partial charge is 0.376 e. The van der Waals surface area contributed by atoms with Crippen molar-refractivity contribution < 1.29 is 0 Å². The van der Waals surface area contributed by atoms with Crippen LogP contribution in [-0.2, 0) is 0 Å². The number of rotatable bonds is 3. The summed E-state index contributed by atoms with van der Waals surface area (Å²) in [6.07, 6.45) is 5.33. The van der Waals surface area contributed by atoms with Gasteiger partial charge in [-0.05, 0) is 41.1 Å². The third kappa shape index (κ3) is 2.58. The molecule has 2 aromatic rings. The van der Waals surface area contributed by atoms with Crippen molar-refractivity contribution in [2.45, 2.75) is 13.0 Å². The lowest BCUT2D eigenvalue weighted by Crippen LogP contribution is -2.08. The van der Waals surface area contributed by atoms with E-state index in [1.165, 1.54) is 0 Å². The van der Waals surface area contributed by atoms with Crippen molar-refractivity contribution in [2.24, 2.45) is 0 Å². The van der Waals surface area contributed by atoms with Gasteiger partial charge in [-0.3, -0.25) is 9.97 Å². The van der Waals surface area contributed by atoms with E-state index < -0.39 is 0 Å². The average Bonchev–Trinajstić information content (AvgIpc) is 2.33. The molecule has 2 aromatic heterocycles. The zero-order valence-electron chi connectivity index (χ0n) is 8.89. The van der Waals surface area contributed by atoms with Crippen LogP contribution in [0.5, 0.6) is 0 Å². The lowest BCUT2D eigenvalue weighted by Gasteiger charge is -2.15. The van der Waals surface area contributed by atoms with Crippen molar-refractivity contribution in [3.63, 3.8) is 0 Å². The van der Waals surface area contributed by atoms with E-state index in [1.54, 1.807) is 18.6 Å². The van der Waals surface area contributed by atoms with Crippen LogP contribution in [0.3, 0.4) is 0 Å². The Bertz CT molecular complexity index is 459. The van der Waals surface area contributed by atoms with E-state index in [2.05, 4.69) is 38.1 Å². The van der Waals surface area contributed by atoms with Gasteiger partial charge in [0.15, 0.2) is 0 Å². The number of pyridine rings is 2. The molecule has 0 aromatic carbocycles. The van der Waals surface area contributed by atoms with Crippen molar-refractivity contribution >= 4 is 21.6 Å². The monoisotopic (exact) mass is 277 g/mol. The van der Waals surface area contributed by atoms with Gasteiger partial charge in [-0.15, -0.1) is 0 Å². The van der Waals surface area contributed by atoms with E-state index in [4.69, 9.17) is 0 Å². The maximum atomic E-state index is 4.31. The number of nitrogens with zero attached hydrogens (tertiary/aromatic N) is 2. The fourth-order valence-corrected chi connectivity index (χ4v) is 1.80. The summed E-state index contributed by atoms with van der Waals surface area (Å²) in [7, 11) is 0. The highest BCUT2D eigenvalue weighted by Gasteiger charge is 2.07. The van der Waals surface area contributed by atoms with E-state index >= 15 is 0 Å². The molecule has 0 aliphatic carbocycles. The number of nitrogens with one attached hydrogen (secondary N) is 1. The summed E-state index contributed by atoms with van der Waals surface area (Å²) in [4.78, 5) is 8.33. The highest BCUT2D eigenvalue weighted by Crippen LogP contribution is 2.24.